The minimum absolute atomic E-state index is 0.0170. The van der Waals surface area contributed by atoms with Gasteiger partial charge in [-0.1, -0.05) is 42.5 Å². The van der Waals surface area contributed by atoms with Gasteiger partial charge < -0.3 is 14.8 Å². The number of amides is 1. The van der Waals surface area contributed by atoms with Gasteiger partial charge in [0.2, 0.25) is 5.91 Å². The van der Waals surface area contributed by atoms with Crippen LogP contribution in [0.1, 0.15) is 58.1 Å². The maximum absolute atomic E-state index is 12.6. The Hall–Kier alpha value is -2.63. The molecule has 1 aliphatic heterocycles. The highest BCUT2D eigenvalue weighted by atomic mass is 16.6. The predicted octanol–water partition coefficient (Wildman–Crippen LogP) is 3.48. The third-order valence-corrected chi connectivity index (χ3v) is 4.22. The fraction of sp³-hybridized carbons (Fsp3) is 0.500. The van der Waals surface area contributed by atoms with Crippen LogP contribution in [0.25, 0.3) is 0 Å². The smallest absolute Gasteiger partial charge is 0.309 e. The molecule has 0 unspecified atom stereocenters. The number of cyclic esters (lactones) is 1. The highest BCUT2D eigenvalue weighted by molar-refractivity contribution is 5.80. The van der Waals surface area contributed by atoms with Gasteiger partial charge in [-0.2, -0.15) is 0 Å². The van der Waals surface area contributed by atoms with Gasteiger partial charge in [0.25, 0.3) is 0 Å². The molecular formula is C22H29NO5. The Morgan fingerprint density at radius 1 is 1.18 bits per heavy atom. The fourth-order valence-electron chi connectivity index (χ4n) is 2.90. The van der Waals surface area contributed by atoms with Crippen LogP contribution in [0.4, 0.5) is 0 Å². The molecule has 0 radical (unpaired) electrons. The van der Waals surface area contributed by atoms with E-state index in [1.807, 2.05) is 42.5 Å². The molecule has 2 atom stereocenters. The van der Waals surface area contributed by atoms with Crippen molar-refractivity contribution in [1.82, 2.24) is 5.32 Å². The first-order valence-electron chi connectivity index (χ1n) is 9.62. The van der Waals surface area contributed by atoms with E-state index in [1.165, 1.54) is 0 Å². The van der Waals surface area contributed by atoms with Gasteiger partial charge in [-0.3, -0.25) is 14.4 Å². The van der Waals surface area contributed by atoms with E-state index in [0.717, 1.165) is 5.56 Å². The summed E-state index contributed by atoms with van der Waals surface area (Å²) in [5, 5.41) is 2.92. The van der Waals surface area contributed by atoms with Crippen molar-refractivity contribution in [1.29, 1.82) is 0 Å². The zero-order chi connectivity index (χ0) is 20.6. The SMILES string of the molecule is CC(C)(C)OC(=O)C[C@@H]1C/C=C\CCC(=O)N[C@@H](c2ccccc2)COC1=O. The summed E-state index contributed by atoms with van der Waals surface area (Å²) in [5.74, 6) is -1.60. The third-order valence-electron chi connectivity index (χ3n) is 4.22. The summed E-state index contributed by atoms with van der Waals surface area (Å²) < 4.78 is 10.8. The second kappa shape index (κ2) is 10.1. The van der Waals surface area contributed by atoms with Crippen LogP contribution in [0.15, 0.2) is 42.5 Å². The molecule has 1 aromatic rings. The van der Waals surface area contributed by atoms with Gasteiger partial charge in [-0.05, 0) is 39.2 Å². The molecule has 0 spiro atoms. The molecule has 2 rings (SSSR count). The molecule has 6 nitrogen and oxygen atoms in total. The zero-order valence-corrected chi connectivity index (χ0v) is 16.8. The Labute approximate surface area is 166 Å². The molecule has 0 bridgehead atoms. The van der Waals surface area contributed by atoms with Gasteiger partial charge in [-0.15, -0.1) is 0 Å². The average molecular weight is 387 g/mol. The minimum Gasteiger partial charge on any atom is -0.463 e. The van der Waals surface area contributed by atoms with Crippen LogP contribution in [-0.4, -0.2) is 30.1 Å². The van der Waals surface area contributed by atoms with Crippen LogP contribution in [0.3, 0.4) is 0 Å². The molecular weight excluding hydrogens is 358 g/mol. The van der Waals surface area contributed by atoms with Crippen molar-refractivity contribution >= 4 is 17.8 Å². The van der Waals surface area contributed by atoms with E-state index in [-0.39, 0.29) is 18.9 Å². The largest absolute Gasteiger partial charge is 0.463 e. The molecule has 6 heteroatoms. The molecule has 28 heavy (non-hydrogen) atoms. The molecule has 152 valence electrons. The van der Waals surface area contributed by atoms with E-state index in [4.69, 9.17) is 9.47 Å². The summed E-state index contributed by atoms with van der Waals surface area (Å²) in [6.45, 7) is 5.38. The van der Waals surface area contributed by atoms with Crippen LogP contribution in [-0.2, 0) is 23.9 Å². The number of benzene rings is 1. The van der Waals surface area contributed by atoms with Crippen LogP contribution in [0, 0.1) is 5.92 Å². The van der Waals surface area contributed by atoms with Crippen molar-refractivity contribution in [2.75, 3.05) is 6.61 Å². The summed E-state index contributed by atoms with van der Waals surface area (Å²) >= 11 is 0. The van der Waals surface area contributed by atoms with E-state index in [9.17, 15) is 14.4 Å². The predicted molar refractivity (Wildman–Crippen MR) is 105 cm³/mol. The van der Waals surface area contributed by atoms with Crippen molar-refractivity contribution in [3.63, 3.8) is 0 Å². The first-order chi connectivity index (χ1) is 13.2. The molecule has 0 aromatic heterocycles. The second-order valence-corrected chi connectivity index (χ2v) is 7.89. The second-order valence-electron chi connectivity index (χ2n) is 7.89. The zero-order valence-electron chi connectivity index (χ0n) is 16.8. The minimum atomic E-state index is -0.613. The molecule has 0 saturated heterocycles. The lowest BCUT2D eigenvalue weighted by atomic mass is 10.00. The lowest BCUT2D eigenvalue weighted by Crippen LogP contribution is -2.34. The van der Waals surface area contributed by atoms with Crippen LogP contribution >= 0.6 is 0 Å². The Morgan fingerprint density at radius 3 is 2.57 bits per heavy atom. The van der Waals surface area contributed by atoms with Gasteiger partial charge in [0.05, 0.1) is 18.4 Å². The summed E-state index contributed by atoms with van der Waals surface area (Å²) in [7, 11) is 0. The number of esters is 2. The summed E-state index contributed by atoms with van der Waals surface area (Å²) in [4.78, 5) is 36.9. The van der Waals surface area contributed by atoms with Gasteiger partial charge in [0, 0.05) is 6.42 Å². The van der Waals surface area contributed by atoms with Crippen molar-refractivity contribution in [3.05, 3.63) is 48.0 Å². The van der Waals surface area contributed by atoms with Gasteiger partial charge in [0.15, 0.2) is 0 Å². The average Bonchev–Trinajstić information content (AvgIpc) is 2.62. The van der Waals surface area contributed by atoms with Crippen molar-refractivity contribution < 1.29 is 23.9 Å². The number of carbonyl (C=O) groups is 3. The quantitative estimate of drug-likeness (QED) is 0.634. The number of nitrogens with one attached hydrogen (secondary N) is 1. The van der Waals surface area contributed by atoms with Crippen molar-refractivity contribution in [2.45, 2.75) is 58.1 Å². The molecule has 1 N–H and O–H groups in total. The number of hydrogen-bond acceptors (Lipinski definition) is 5. The lowest BCUT2D eigenvalue weighted by Gasteiger charge is -2.23. The molecule has 1 heterocycles. The topological polar surface area (TPSA) is 81.7 Å². The number of ether oxygens (including phenoxy) is 2. The maximum Gasteiger partial charge on any atom is 0.309 e. The number of allylic oxidation sites excluding steroid dienone is 2. The fourth-order valence-corrected chi connectivity index (χ4v) is 2.90. The molecule has 0 aliphatic carbocycles. The Balaban J connectivity index is 2.11. The van der Waals surface area contributed by atoms with Crippen LogP contribution < -0.4 is 5.32 Å². The van der Waals surface area contributed by atoms with E-state index in [2.05, 4.69) is 5.32 Å². The monoisotopic (exact) mass is 387 g/mol. The summed E-state index contributed by atoms with van der Waals surface area (Å²) in [6.07, 6.45) is 4.93. The standard InChI is InChI=1S/C22H29NO5/c1-22(2,3)28-20(25)14-17-12-8-5-9-13-19(24)23-18(15-27-21(17)26)16-10-6-4-7-11-16/h4-8,10-11,17-18H,9,12-15H2,1-3H3,(H,23,24)/b8-5-/t17-,18+/m0/s1. The number of rotatable bonds is 3. The molecule has 1 aliphatic rings. The highest BCUT2D eigenvalue weighted by Gasteiger charge is 2.27. The lowest BCUT2D eigenvalue weighted by molar-refractivity contribution is -0.161. The van der Waals surface area contributed by atoms with E-state index in [0.29, 0.717) is 19.3 Å². The van der Waals surface area contributed by atoms with Gasteiger partial charge >= 0.3 is 11.9 Å². The first-order valence-corrected chi connectivity index (χ1v) is 9.62. The molecule has 0 fully saturated rings. The Kier molecular flexibility index (Phi) is 7.79. The third kappa shape index (κ3) is 7.55. The number of carbonyl (C=O) groups excluding carboxylic acids is 3. The van der Waals surface area contributed by atoms with Gasteiger partial charge in [0.1, 0.15) is 12.2 Å². The first kappa shape index (κ1) is 21.7. The van der Waals surface area contributed by atoms with Crippen LogP contribution in [0.5, 0.6) is 0 Å². The highest BCUT2D eigenvalue weighted by Crippen LogP contribution is 2.20. The normalized spacial score (nSPS) is 22.8. The summed E-state index contributed by atoms with van der Waals surface area (Å²) in [5.41, 5.74) is 0.255. The molecule has 1 aromatic carbocycles. The molecule has 0 saturated carbocycles. The van der Waals surface area contributed by atoms with Crippen molar-refractivity contribution in [3.8, 4) is 0 Å². The van der Waals surface area contributed by atoms with E-state index >= 15 is 0 Å². The maximum atomic E-state index is 12.6. The van der Waals surface area contributed by atoms with Crippen LogP contribution in [0.2, 0.25) is 0 Å². The Morgan fingerprint density at radius 2 is 1.89 bits per heavy atom. The number of hydrogen-bond donors (Lipinski definition) is 1. The van der Waals surface area contributed by atoms with E-state index < -0.39 is 29.5 Å². The summed E-state index contributed by atoms with van der Waals surface area (Å²) in [6, 6.07) is 8.95. The van der Waals surface area contributed by atoms with Gasteiger partial charge in [-0.25, -0.2) is 0 Å². The molecule has 1 amide bonds. The van der Waals surface area contributed by atoms with E-state index in [1.54, 1.807) is 20.8 Å². The van der Waals surface area contributed by atoms with Crippen molar-refractivity contribution in [2.24, 2.45) is 5.92 Å². The Bertz CT molecular complexity index is 705.